The first kappa shape index (κ1) is 10.0. The molecule has 1 aromatic rings. The molecule has 0 bridgehead atoms. The standard InChI is InChI=1S/C9H10N2O3/c10-8(12)11(9(13)14)6-7-4-2-1-3-5-7/h1-5H,6H2,(H2,10,12)(H,13,14). The number of benzene rings is 1. The second kappa shape index (κ2) is 4.27. The predicted octanol–water partition coefficient (Wildman–Crippen LogP) is 1.25. The van der Waals surface area contributed by atoms with Crippen molar-refractivity contribution >= 4 is 12.1 Å². The van der Waals surface area contributed by atoms with E-state index in [-0.39, 0.29) is 6.54 Å². The molecule has 0 fully saturated rings. The van der Waals surface area contributed by atoms with Gasteiger partial charge in [0.1, 0.15) is 0 Å². The Bertz CT molecular complexity index is 323. The summed E-state index contributed by atoms with van der Waals surface area (Å²) in [4.78, 5) is 21.8. The highest BCUT2D eigenvalue weighted by atomic mass is 16.4. The number of hydrogen-bond acceptors (Lipinski definition) is 2. The third kappa shape index (κ3) is 2.48. The van der Waals surface area contributed by atoms with Gasteiger partial charge in [-0.15, -0.1) is 0 Å². The third-order valence-corrected chi connectivity index (χ3v) is 1.68. The van der Waals surface area contributed by atoms with Gasteiger partial charge in [0.05, 0.1) is 6.54 Å². The third-order valence-electron chi connectivity index (χ3n) is 1.68. The maximum Gasteiger partial charge on any atom is 0.415 e. The number of urea groups is 1. The van der Waals surface area contributed by atoms with Crippen LogP contribution < -0.4 is 5.73 Å². The minimum atomic E-state index is -1.35. The molecule has 3 amide bonds. The number of nitrogens with zero attached hydrogens (tertiary/aromatic N) is 1. The number of carbonyl (C=O) groups is 2. The minimum Gasteiger partial charge on any atom is -0.465 e. The number of imide groups is 1. The van der Waals surface area contributed by atoms with Crippen molar-refractivity contribution in [2.45, 2.75) is 6.54 Å². The Hall–Kier alpha value is -2.04. The van der Waals surface area contributed by atoms with Gasteiger partial charge in [-0.2, -0.15) is 0 Å². The molecule has 1 aromatic carbocycles. The lowest BCUT2D eigenvalue weighted by Crippen LogP contribution is -2.39. The van der Waals surface area contributed by atoms with Gasteiger partial charge in [-0.05, 0) is 5.56 Å². The molecule has 0 aliphatic carbocycles. The number of carbonyl (C=O) groups excluding carboxylic acids is 1. The van der Waals surface area contributed by atoms with Crippen molar-refractivity contribution < 1.29 is 14.7 Å². The van der Waals surface area contributed by atoms with Crippen molar-refractivity contribution in [1.82, 2.24) is 4.90 Å². The summed E-state index contributed by atoms with van der Waals surface area (Å²) >= 11 is 0. The number of nitrogens with two attached hydrogens (primary N) is 1. The van der Waals surface area contributed by atoms with Crippen LogP contribution in [0.3, 0.4) is 0 Å². The van der Waals surface area contributed by atoms with E-state index in [0.717, 1.165) is 0 Å². The van der Waals surface area contributed by atoms with Gasteiger partial charge in [-0.3, -0.25) is 0 Å². The number of amides is 3. The first-order valence-corrected chi connectivity index (χ1v) is 3.95. The van der Waals surface area contributed by atoms with Crippen LogP contribution in [0.15, 0.2) is 30.3 Å². The first-order chi connectivity index (χ1) is 6.61. The quantitative estimate of drug-likeness (QED) is 0.742. The van der Waals surface area contributed by atoms with E-state index >= 15 is 0 Å². The zero-order valence-electron chi connectivity index (χ0n) is 7.38. The SMILES string of the molecule is NC(=O)N(Cc1ccccc1)C(=O)O. The molecule has 3 N–H and O–H groups in total. The summed E-state index contributed by atoms with van der Waals surface area (Å²) in [7, 11) is 0. The molecule has 0 heterocycles. The molecule has 0 spiro atoms. The zero-order chi connectivity index (χ0) is 10.6. The van der Waals surface area contributed by atoms with Crippen molar-refractivity contribution in [3.8, 4) is 0 Å². The lowest BCUT2D eigenvalue weighted by molar-refractivity contribution is 0.149. The zero-order valence-corrected chi connectivity index (χ0v) is 7.38. The lowest BCUT2D eigenvalue weighted by Gasteiger charge is -2.13. The average molecular weight is 194 g/mol. The number of primary amides is 1. The normalized spacial score (nSPS) is 9.43. The summed E-state index contributed by atoms with van der Waals surface area (Å²) in [5.41, 5.74) is 5.61. The maximum atomic E-state index is 10.7. The monoisotopic (exact) mass is 194 g/mol. The number of carboxylic acid groups (broad SMARTS) is 1. The summed E-state index contributed by atoms with van der Waals surface area (Å²) < 4.78 is 0. The van der Waals surface area contributed by atoms with Crippen molar-refractivity contribution in [2.24, 2.45) is 5.73 Å². The molecule has 74 valence electrons. The van der Waals surface area contributed by atoms with Crippen LogP contribution in [0.2, 0.25) is 0 Å². The van der Waals surface area contributed by atoms with Crippen LogP contribution in [0.1, 0.15) is 5.56 Å². The Balaban J connectivity index is 2.75. The summed E-state index contributed by atoms with van der Waals surface area (Å²) in [5.74, 6) is 0. The highest BCUT2D eigenvalue weighted by Crippen LogP contribution is 2.03. The topological polar surface area (TPSA) is 83.6 Å². The van der Waals surface area contributed by atoms with E-state index in [9.17, 15) is 9.59 Å². The highest BCUT2D eigenvalue weighted by molar-refractivity contribution is 5.88. The van der Waals surface area contributed by atoms with Crippen LogP contribution in [0, 0.1) is 0 Å². The van der Waals surface area contributed by atoms with Gasteiger partial charge in [-0.25, -0.2) is 14.5 Å². The molecule has 1 rings (SSSR count). The summed E-state index contributed by atoms with van der Waals surface area (Å²) in [6.07, 6.45) is -1.35. The van der Waals surface area contributed by atoms with E-state index < -0.39 is 12.1 Å². The molecular weight excluding hydrogens is 184 g/mol. The molecule has 5 heteroatoms. The molecule has 0 atom stereocenters. The molecule has 0 saturated carbocycles. The second-order valence-corrected chi connectivity index (χ2v) is 2.69. The van der Waals surface area contributed by atoms with Gasteiger partial charge in [0.25, 0.3) is 0 Å². The van der Waals surface area contributed by atoms with E-state index in [2.05, 4.69) is 0 Å². The fourth-order valence-corrected chi connectivity index (χ4v) is 1.01. The second-order valence-electron chi connectivity index (χ2n) is 2.69. The number of rotatable bonds is 2. The summed E-state index contributed by atoms with van der Waals surface area (Å²) in [6, 6.07) is 7.80. The van der Waals surface area contributed by atoms with Crippen molar-refractivity contribution in [2.75, 3.05) is 0 Å². The van der Waals surface area contributed by atoms with Crippen LogP contribution >= 0.6 is 0 Å². The fraction of sp³-hybridized carbons (Fsp3) is 0.111. The van der Waals surface area contributed by atoms with E-state index in [1.165, 1.54) is 0 Å². The van der Waals surface area contributed by atoms with Crippen molar-refractivity contribution in [1.29, 1.82) is 0 Å². The van der Waals surface area contributed by atoms with Crippen LogP contribution in [-0.2, 0) is 6.54 Å². The fourth-order valence-electron chi connectivity index (χ4n) is 1.01. The molecular formula is C9H10N2O3. The Morgan fingerprint density at radius 3 is 2.29 bits per heavy atom. The van der Waals surface area contributed by atoms with E-state index in [0.29, 0.717) is 10.5 Å². The van der Waals surface area contributed by atoms with Crippen LogP contribution in [0.25, 0.3) is 0 Å². The van der Waals surface area contributed by atoms with E-state index in [4.69, 9.17) is 10.8 Å². The molecule has 14 heavy (non-hydrogen) atoms. The Kier molecular flexibility index (Phi) is 3.06. The van der Waals surface area contributed by atoms with E-state index in [1.807, 2.05) is 0 Å². The molecule has 0 radical (unpaired) electrons. The summed E-state index contributed by atoms with van der Waals surface area (Å²) in [6.45, 7) is -0.0223. The van der Waals surface area contributed by atoms with Gasteiger partial charge in [0, 0.05) is 0 Å². The minimum absolute atomic E-state index is 0.0223. The first-order valence-electron chi connectivity index (χ1n) is 3.95. The Morgan fingerprint density at radius 2 is 1.86 bits per heavy atom. The van der Waals surface area contributed by atoms with Gasteiger partial charge >= 0.3 is 12.1 Å². The lowest BCUT2D eigenvalue weighted by atomic mass is 10.2. The van der Waals surface area contributed by atoms with Gasteiger partial charge in [0.2, 0.25) is 0 Å². The van der Waals surface area contributed by atoms with Gasteiger partial charge in [-0.1, -0.05) is 30.3 Å². The maximum absolute atomic E-state index is 10.7. The highest BCUT2D eigenvalue weighted by Gasteiger charge is 2.17. The molecule has 0 aliphatic heterocycles. The average Bonchev–Trinajstić information content (AvgIpc) is 2.15. The molecule has 5 nitrogen and oxygen atoms in total. The molecule has 0 unspecified atom stereocenters. The number of hydrogen-bond donors (Lipinski definition) is 2. The van der Waals surface area contributed by atoms with Crippen molar-refractivity contribution in [3.63, 3.8) is 0 Å². The molecule has 0 aromatic heterocycles. The smallest absolute Gasteiger partial charge is 0.415 e. The predicted molar refractivity (Wildman–Crippen MR) is 49.6 cm³/mol. The Morgan fingerprint density at radius 1 is 1.29 bits per heavy atom. The van der Waals surface area contributed by atoms with Gasteiger partial charge in [0.15, 0.2) is 0 Å². The summed E-state index contributed by atoms with van der Waals surface area (Å²) in [5, 5.41) is 8.63. The van der Waals surface area contributed by atoms with Crippen LogP contribution in [0.5, 0.6) is 0 Å². The van der Waals surface area contributed by atoms with Crippen LogP contribution in [-0.4, -0.2) is 22.1 Å². The largest absolute Gasteiger partial charge is 0.465 e. The Labute approximate surface area is 80.7 Å². The molecule has 0 saturated heterocycles. The van der Waals surface area contributed by atoms with Crippen molar-refractivity contribution in [3.05, 3.63) is 35.9 Å². The van der Waals surface area contributed by atoms with Gasteiger partial charge < -0.3 is 10.8 Å². The van der Waals surface area contributed by atoms with E-state index in [1.54, 1.807) is 30.3 Å². The van der Waals surface area contributed by atoms with Crippen LogP contribution in [0.4, 0.5) is 9.59 Å². The molecule has 0 aliphatic rings.